The third-order valence-electron chi connectivity index (χ3n) is 2.20. The van der Waals surface area contributed by atoms with Crippen LogP contribution in [-0.4, -0.2) is 4.98 Å². The molecule has 1 aromatic carbocycles. The van der Waals surface area contributed by atoms with E-state index >= 15 is 0 Å². The van der Waals surface area contributed by atoms with Crippen LogP contribution in [-0.2, 0) is 0 Å². The standard InChI is InChI=1S/C11H5Cl4NO/c12-7-2-9(14)8(13)1-5(7)6-3-16-4-10(15)11(6)17/h1-4H,(H,16,17). The van der Waals surface area contributed by atoms with Crippen LogP contribution in [0.3, 0.4) is 0 Å². The molecule has 0 saturated heterocycles. The second-order valence-corrected chi connectivity index (χ2v) is 4.92. The average molecular weight is 309 g/mol. The SMILES string of the molecule is O=c1c(Cl)c[nH]cc1-c1cc(Cl)c(Cl)cc1Cl. The number of H-pyrrole nitrogens is 1. The Morgan fingerprint density at radius 2 is 1.41 bits per heavy atom. The van der Waals surface area contributed by atoms with E-state index in [9.17, 15) is 4.79 Å². The Bertz CT molecular complexity index is 636. The summed E-state index contributed by atoms with van der Waals surface area (Å²) >= 11 is 23.5. The van der Waals surface area contributed by atoms with Crippen LogP contribution in [0.4, 0.5) is 0 Å². The van der Waals surface area contributed by atoms with Gasteiger partial charge in [-0.3, -0.25) is 4.79 Å². The lowest BCUT2D eigenvalue weighted by molar-refractivity contribution is 1.30. The molecule has 0 aliphatic heterocycles. The van der Waals surface area contributed by atoms with E-state index in [1.807, 2.05) is 0 Å². The highest BCUT2D eigenvalue weighted by atomic mass is 35.5. The molecule has 6 heteroatoms. The van der Waals surface area contributed by atoms with Gasteiger partial charge in [0.2, 0.25) is 5.43 Å². The van der Waals surface area contributed by atoms with E-state index in [4.69, 9.17) is 46.4 Å². The Balaban J connectivity index is 2.73. The van der Waals surface area contributed by atoms with Gasteiger partial charge < -0.3 is 4.98 Å². The second kappa shape index (κ2) is 4.91. The van der Waals surface area contributed by atoms with Crippen molar-refractivity contribution in [1.29, 1.82) is 0 Å². The van der Waals surface area contributed by atoms with Gasteiger partial charge in [0.1, 0.15) is 5.02 Å². The minimum absolute atomic E-state index is 0.0876. The number of halogens is 4. The Labute approximate surface area is 117 Å². The van der Waals surface area contributed by atoms with E-state index in [-0.39, 0.29) is 10.5 Å². The molecular weight excluding hydrogens is 304 g/mol. The van der Waals surface area contributed by atoms with Crippen molar-refractivity contribution in [2.24, 2.45) is 0 Å². The molecule has 88 valence electrons. The zero-order valence-corrected chi connectivity index (χ0v) is 11.3. The molecule has 2 rings (SSSR count). The molecule has 0 fully saturated rings. The summed E-state index contributed by atoms with van der Waals surface area (Å²) in [5.74, 6) is 0. The fourth-order valence-electron chi connectivity index (χ4n) is 1.39. The highest BCUT2D eigenvalue weighted by Gasteiger charge is 2.12. The van der Waals surface area contributed by atoms with E-state index in [1.54, 1.807) is 0 Å². The van der Waals surface area contributed by atoms with Crippen molar-refractivity contribution in [3.8, 4) is 11.1 Å². The molecule has 0 amide bonds. The summed E-state index contributed by atoms with van der Waals surface area (Å²) in [6.07, 6.45) is 2.92. The predicted octanol–water partition coefficient (Wildman–Crippen LogP) is 4.66. The minimum Gasteiger partial charge on any atom is -0.366 e. The quantitative estimate of drug-likeness (QED) is 0.764. The zero-order chi connectivity index (χ0) is 12.6. The molecule has 1 N–H and O–H groups in total. The Hall–Kier alpha value is -0.670. The van der Waals surface area contributed by atoms with Crippen LogP contribution in [0, 0.1) is 0 Å². The van der Waals surface area contributed by atoms with Crippen molar-refractivity contribution < 1.29 is 0 Å². The molecule has 0 saturated carbocycles. The van der Waals surface area contributed by atoms with Gasteiger partial charge in [-0.15, -0.1) is 0 Å². The lowest BCUT2D eigenvalue weighted by Crippen LogP contribution is -2.05. The maximum Gasteiger partial charge on any atom is 0.207 e. The summed E-state index contributed by atoms with van der Waals surface area (Å²) in [4.78, 5) is 14.6. The Kier molecular flexibility index (Phi) is 3.69. The number of aromatic nitrogens is 1. The first-order chi connectivity index (χ1) is 8.00. The Morgan fingerprint density at radius 1 is 0.765 bits per heavy atom. The number of rotatable bonds is 1. The van der Waals surface area contributed by atoms with E-state index < -0.39 is 0 Å². The monoisotopic (exact) mass is 307 g/mol. The maximum absolute atomic E-state index is 11.8. The first-order valence-corrected chi connectivity index (χ1v) is 6.03. The van der Waals surface area contributed by atoms with Gasteiger partial charge in [-0.1, -0.05) is 46.4 Å². The van der Waals surface area contributed by atoms with Gasteiger partial charge in [-0.05, 0) is 12.1 Å². The van der Waals surface area contributed by atoms with Crippen molar-refractivity contribution in [2.45, 2.75) is 0 Å². The summed E-state index contributed by atoms with van der Waals surface area (Å²) in [5.41, 5.74) is 0.525. The summed E-state index contributed by atoms with van der Waals surface area (Å²) in [6.45, 7) is 0. The number of hydrogen-bond acceptors (Lipinski definition) is 1. The van der Waals surface area contributed by atoms with Crippen LogP contribution in [0.5, 0.6) is 0 Å². The van der Waals surface area contributed by atoms with Gasteiger partial charge in [0.05, 0.1) is 15.1 Å². The van der Waals surface area contributed by atoms with Crippen LogP contribution >= 0.6 is 46.4 Å². The maximum atomic E-state index is 11.8. The lowest BCUT2D eigenvalue weighted by Gasteiger charge is -2.06. The molecule has 2 nitrogen and oxygen atoms in total. The second-order valence-electron chi connectivity index (χ2n) is 3.29. The lowest BCUT2D eigenvalue weighted by atomic mass is 10.1. The van der Waals surface area contributed by atoms with Crippen LogP contribution in [0.25, 0.3) is 11.1 Å². The third kappa shape index (κ3) is 2.45. The highest BCUT2D eigenvalue weighted by Crippen LogP contribution is 2.33. The molecule has 0 atom stereocenters. The van der Waals surface area contributed by atoms with Gasteiger partial charge in [0.15, 0.2) is 0 Å². The number of benzene rings is 1. The number of aromatic amines is 1. The molecule has 0 unspecified atom stereocenters. The van der Waals surface area contributed by atoms with E-state index in [1.165, 1.54) is 24.5 Å². The fourth-order valence-corrected chi connectivity index (χ4v) is 2.20. The molecule has 0 radical (unpaired) electrons. The molecule has 0 aliphatic carbocycles. The number of hydrogen-bond donors (Lipinski definition) is 1. The van der Waals surface area contributed by atoms with E-state index in [2.05, 4.69) is 4.98 Å². The molecule has 17 heavy (non-hydrogen) atoms. The van der Waals surface area contributed by atoms with Gasteiger partial charge >= 0.3 is 0 Å². The van der Waals surface area contributed by atoms with Crippen LogP contribution in [0.15, 0.2) is 29.3 Å². The third-order valence-corrected chi connectivity index (χ3v) is 3.52. The molecule has 1 aromatic heterocycles. The van der Waals surface area contributed by atoms with Gasteiger partial charge in [-0.25, -0.2) is 0 Å². The molecule has 1 heterocycles. The Morgan fingerprint density at radius 3 is 2.12 bits per heavy atom. The van der Waals surface area contributed by atoms with Crippen molar-refractivity contribution in [2.75, 3.05) is 0 Å². The largest absolute Gasteiger partial charge is 0.366 e. The van der Waals surface area contributed by atoms with Crippen molar-refractivity contribution in [3.63, 3.8) is 0 Å². The van der Waals surface area contributed by atoms with Crippen molar-refractivity contribution in [3.05, 3.63) is 54.8 Å². The predicted molar refractivity (Wildman–Crippen MR) is 72.5 cm³/mol. The molecular formula is C11H5Cl4NO. The summed E-state index contributed by atoms with van der Waals surface area (Å²) in [6, 6.07) is 3.02. The smallest absolute Gasteiger partial charge is 0.207 e. The minimum atomic E-state index is -0.314. The number of nitrogens with one attached hydrogen (secondary N) is 1. The molecule has 0 spiro atoms. The van der Waals surface area contributed by atoms with Crippen LogP contribution < -0.4 is 5.43 Å². The van der Waals surface area contributed by atoms with Crippen LogP contribution in [0.2, 0.25) is 20.1 Å². The normalized spacial score (nSPS) is 10.6. The first kappa shape index (κ1) is 12.8. The zero-order valence-electron chi connectivity index (χ0n) is 8.23. The first-order valence-electron chi connectivity index (χ1n) is 4.52. The van der Waals surface area contributed by atoms with E-state index in [0.717, 1.165) is 0 Å². The van der Waals surface area contributed by atoms with E-state index in [0.29, 0.717) is 26.2 Å². The molecule has 2 aromatic rings. The summed E-state index contributed by atoms with van der Waals surface area (Å²) in [7, 11) is 0. The number of pyridine rings is 1. The average Bonchev–Trinajstić information content (AvgIpc) is 2.28. The van der Waals surface area contributed by atoms with Crippen molar-refractivity contribution in [1.82, 2.24) is 4.98 Å². The molecule has 0 bridgehead atoms. The topological polar surface area (TPSA) is 32.9 Å². The highest BCUT2D eigenvalue weighted by molar-refractivity contribution is 6.44. The van der Waals surface area contributed by atoms with Crippen molar-refractivity contribution >= 4 is 46.4 Å². The van der Waals surface area contributed by atoms with Gasteiger partial charge in [0.25, 0.3) is 0 Å². The van der Waals surface area contributed by atoms with Gasteiger partial charge in [-0.2, -0.15) is 0 Å². The summed E-state index contributed by atoms with van der Waals surface area (Å²) < 4.78 is 0. The summed E-state index contributed by atoms with van der Waals surface area (Å²) in [5, 5.41) is 1.08. The fraction of sp³-hybridized carbons (Fsp3) is 0. The molecule has 0 aliphatic rings. The van der Waals surface area contributed by atoms with Gasteiger partial charge in [0, 0.05) is 23.5 Å². The van der Waals surface area contributed by atoms with Crippen LogP contribution in [0.1, 0.15) is 0 Å².